The number of amides is 7. The van der Waals surface area contributed by atoms with Crippen molar-refractivity contribution in [2.24, 2.45) is 11.7 Å². The van der Waals surface area contributed by atoms with Gasteiger partial charge in [0.1, 0.15) is 89.1 Å². The van der Waals surface area contributed by atoms with E-state index in [0.717, 1.165) is 95.2 Å². The number of aliphatic hydroxyl groups excluding tert-OH is 5. The minimum atomic E-state index is -2.39. The molecule has 7 aromatic carbocycles. The molecule has 7 aliphatic heterocycles. The largest absolute Gasteiger partial charge is 0.508 e. The second kappa shape index (κ2) is 37.4. The van der Waals surface area contributed by atoms with E-state index in [1.165, 1.54) is 26.1 Å². The number of hydrogen-bond donors (Lipinski definition) is 19. The summed E-state index contributed by atoms with van der Waals surface area (Å²) in [5, 5.41) is 146. The lowest BCUT2D eigenvalue weighted by atomic mass is 9.84. The molecule has 8 aromatic rings. The quantitative estimate of drug-likeness (QED) is 0.0459. The number of hydrogen-bond acceptors (Lipinski definition) is 29. The minimum Gasteiger partial charge on any atom is -0.508 e. The summed E-state index contributed by atoms with van der Waals surface area (Å²) >= 11 is 21.4. The van der Waals surface area contributed by atoms with Crippen molar-refractivity contribution in [3.63, 3.8) is 0 Å². The van der Waals surface area contributed by atoms with Gasteiger partial charge < -0.3 is 128 Å². The molecule has 11 bridgehead atoms. The summed E-state index contributed by atoms with van der Waals surface area (Å²) in [5.41, 5.74) is 4.33. The summed E-state index contributed by atoms with van der Waals surface area (Å²) in [6.45, 7) is 8.57. The normalized spacial score (nSPS) is 26.2. The number of carboxylic acids is 1. The molecule has 2 fully saturated rings. The van der Waals surface area contributed by atoms with E-state index >= 15 is 24.0 Å². The Balaban J connectivity index is 1.00. The molecule has 0 saturated carbocycles. The van der Waals surface area contributed by atoms with Crippen molar-refractivity contribution in [1.29, 1.82) is 0 Å². The highest BCUT2D eigenvalue weighted by molar-refractivity contribution is 7.99. The van der Waals surface area contributed by atoms with Gasteiger partial charge in [-0.1, -0.05) is 115 Å². The number of aliphatic hydroxyl groups is 5. The fraction of sp³-hybridized carbons (Fsp3) is 0.361. The van der Waals surface area contributed by atoms with Crippen LogP contribution in [-0.4, -0.2) is 205 Å². The van der Waals surface area contributed by atoms with E-state index in [4.69, 9.17) is 69.0 Å². The summed E-state index contributed by atoms with van der Waals surface area (Å²) in [6.07, 6.45) is -18.7. The monoisotopic (exact) mass is 1770 g/mol. The van der Waals surface area contributed by atoms with Gasteiger partial charge >= 0.3 is 5.97 Å². The number of carbonyl (C=O) groups excluding carboxylic acids is 7. The first kappa shape index (κ1) is 89.5. The molecule has 7 amide bonds. The zero-order valence-corrected chi connectivity index (χ0v) is 69.3. The van der Waals surface area contributed by atoms with Crippen molar-refractivity contribution in [3.05, 3.63) is 182 Å². The van der Waals surface area contributed by atoms with Crippen LogP contribution in [-0.2, 0) is 59.1 Å². The Bertz CT molecular complexity index is 5400. The van der Waals surface area contributed by atoms with E-state index in [0.29, 0.717) is 5.02 Å². The summed E-state index contributed by atoms with van der Waals surface area (Å²) in [4.78, 5) is 123. The summed E-state index contributed by atoms with van der Waals surface area (Å²) in [7, 11) is 1.48. The molecule has 7 aliphatic rings. The van der Waals surface area contributed by atoms with Crippen LogP contribution in [0.25, 0.3) is 22.3 Å². The Labute approximate surface area is 720 Å². The Morgan fingerprint density at radius 2 is 1.30 bits per heavy atom. The maximum absolute atomic E-state index is 16.4. The summed E-state index contributed by atoms with van der Waals surface area (Å²) < 4.78 is 40.5. The smallest absolute Gasteiger partial charge is 0.330 e. The van der Waals surface area contributed by atoms with Crippen molar-refractivity contribution < 1.29 is 118 Å². The van der Waals surface area contributed by atoms with Gasteiger partial charge in [0.15, 0.2) is 29.9 Å². The maximum Gasteiger partial charge on any atom is 0.330 e. The number of primary amides is 1. The average Bonchev–Trinajstić information content (AvgIpc) is 0.765. The third-order valence-electron chi connectivity index (χ3n) is 21.6. The van der Waals surface area contributed by atoms with Crippen LogP contribution in [0.4, 0.5) is 0 Å². The molecule has 8 heterocycles. The SMILES string of the molecule is CN[C@H](CC(C)C)C(=O)N[C@H]1C(=O)N[C@@H](CC(N)=O)C(=O)N[C@H]2C(=O)N[C@H]3C(=O)N[C@H](C(=O)N[C@@H](C(=O)O)c4cc(O)cc(O)c4-c4cc3ccc4O)[C@H](O)c3ccc(c(Cl)c3)Oc3cc2cc(c3OC2OC(CSc3nnc(C)c(O)n3)C(O)C(O)C2OC2CC(C)(NCc3ccc(-c4ccc(Cl)cc4)cc3)C(O)C(C)O2)Oc2ccc(cc2Cl)[C@H]1O. The average molecular weight is 1780 g/mol. The maximum atomic E-state index is 16.4. The molecule has 0 spiro atoms. The number of carbonyl (C=O) groups is 8. The second-order valence-corrected chi connectivity index (χ2v) is 33.1. The lowest BCUT2D eigenvalue weighted by Crippen LogP contribution is -2.65. The molecule has 36 nitrogen and oxygen atoms in total. The molecular weight excluding hydrogens is 1690 g/mol. The van der Waals surface area contributed by atoms with Crippen LogP contribution >= 0.6 is 46.6 Å². The third kappa shape index (κ3) is 19.9. The van der Waals surface area contributed by atoms with Crippen LogP contribution in [0.1, 0.15) is 116 Å². The number of phenols is 3. The molecule has 123 heavy (non-hydrogen) atoms. The van der Waals surface area contributed by atoms with Gasteiger partial charge in [-0.25, -0.2) is 4.79 Å². The summed E-state index contributed by atoms with van der Waals surface area (Å²) in [6, 6.07) is 14.2. The van der Waals surface area contributed by atoms with Gasteiger partial charge in [-0.2, -0.15) is 4.98 Å². The lowest BCUT2D eigenvalue weighted by molar-refractivity contribution is -0.330. The predicted octanol–water partition coefficient (Wildman–Crippen LogP) is 5.26. The fourth-order valence-electron chi connectivity index (χ4n) is 15.0. The number of rotatable bonds is 19. The molecule has 18 atom stereocenters. The van der Waals surface area contributed by atoms with E-state index in [9.17, 15) is 65.4 Å². The van der Waals surface area contributed by atoms with Crippen molar-refractivity contribution >= 4 is 93.9 Å². The molecule has 9 unspecified atom stereocenters. The number of aryl methyl sites for hydroxylation is 1. The molecule has 1 aromatic heterocycles. The highest BCUT2D eigenvalue weighted by Crippen LogP contribution is 2.50. The number of nitrogens with zero attached hydrogens (tertiary/aromatic N) is 3. The van der Waals surface area contributed by atoms with E-state index in [1.54, 1.807) is 26.0 Å². The Kier molecular flexibility index (Phi) is 27.2. The van der Waals surface area contributed by atoms with Gasteiger partial charge in [0.05, 0.1) is 40.8 Å². The molecular formula is C83H87Cl3N12O24S. The topological polar surface area (TPSA) is 555 Å². The number of aromatic nitrogens is 3. The number of nitrogens with two attached hydrogens (primary N) is 1. The Morgan fingerprint density at radius 1 is 0.683 bits per heavy atom. The molecule has 2 saturated heterocycles. The lowest BCUT2D eigenvalue weighted by Gasteiger charge is -2.48. The van der Waals surface area contributed by atoms with Gasteiger partial charge in [0, 0.05) is 52.0 Å². The number of halogens is 3. The van der Waals surface area contributed by atoms with Crippen molar-refractivity contribution in [3.8, 4) is 74.1 Å². The van der Waals surface area contributed by atoms with E-state index in [-0.39, 0.29) is 69.4 Å². The number of benzene rings is 7. The number of fused-ring (bicyclic) bond motifs is 15. The van der Waals surface area contributed by atoms with Crippen molar-refractivity contribution in [2.45, 2.75) is 175 Å². The second-order valence-electron chi connectivity index (χ2n) is 30.8. The number of phenolic OH excluding ortho intramolecular Hbond substituents is 3. The van der Waals surface area contributed by atoms with Gasteiger partial charge in [0.2, 0.25) is 64.4 Å². The van der Waals surface area contributed by atoms with E-state index < -0.39 is 236 Å². The summed E-state index contributed by atoms with van der Waals surface area (Å²) in [5.74, 6) is -17.0. The van der Waals surface area contributed by atoms with Crippen LogP contribution < -0.4 is 62.5 Å². The molecule has 650 valence electrons. The number of nitrogens with one attached hydrogen (secondary N) is 8. The number of thioether (sulfide) groups is 1. The van der Waals surface area contributed by atoms with E-state index in [1.807, 2.05) is 50.2 Å². The van der Waals surface area contributed by atoms with Crippen LogP contribution in [0.3, 0.4) is 0 Å². The highest BCUT2D eigenvalue weighted by atomic mass is 35.5. The van der Waals surface area contributed by atoms with Crippen LogP contribution in [0, 0.1) is 12.8 Å². The molecule has 15 rings (SSSR count). The molecule has 20 N–H and O–H groups in total. The number of aromatic hydroxyl groups is 4. The highest BCUT2D eigenvalue weighted by Gasteiger charge is 2.53. The van der Waals surface area contributed by atoms with Gasteiger partial charge in [0.25, 0.3) is 0 Å². The third-order valence-corrected chi connectivity index (χ3v) is 23.3. The zero-order chi connectivity index (χ0) is 88.5. The first-order valence-corrected chi connectivity index (χ1v) is 40.7. The van der Waals surface area contributed by atoms with Gasteiger partial charge in [-0.3, -0.25) is 33.6 Å². The number of carboxylic acid groups (broad SMARTS) is 1. The van der Waals surface area contributed by atoms with Crippen molar-refractivity contribution in [1.82, 2.24) is 57.7 Å². The zero-order valence-electron chi connectivity index (χ0n) is 66.2. The Morgan fingerprint density at radius 3 is 1.92 bits per heavy atom. The van der Waals surface area contributed by atoms with E-state index in [2.05, 4.69) is 57.7 Å². The first-order valence-electron chi connectivity index (χ1n) is 38.6. The van der Waals surface area contributed by atoms with Crippen LogP contribution in [0.5, 0.6) is 51.9 Å². The van der Waals surface area contributed by atoms with Crippen molar-refractivity contribution in [2.75, 3.05) is 12.8 Å². The molecule has 40 heteroatoms. The van der Waals surface area contributed by atoms with Gasteiger partial charge in [-0.05, 0) is 146 Å². The minimum absolute atomic E-state index is 0.0714. The first-order chi connectivity index (χ1) is 58.4. The standard InChI is InChI=1S/C83H87Cl3N12O24S/c1-33(2)21-49(88-6)74(109)94-64-66(103)40-14-19-53(47(85)23-40)118-55-25-42-26-56(70(55)122-81-71(69(106)68(105)57(120-81)32-123-82-96-73(108)34(3)97-98-82)121-59-30-83(5,72(107)35(4)117-59)89-31-36-7-9-37(10-8-36)38-11-16-43(84)17-12-38)119-54-20-15-41(24-48(54)86)67(104)65-79(114)93-63(80(115)116)46-27-44(99)28-52(101)60(46)45-22-39(13-18-51(45)100)61(76(111)95-65)92-77(112)62(42)91-75(110)50(29-58(87)102)90-78(64)113/h7-20,22-28,33,35,49-50,57,59,61-69,71-72,81,88-89,99-101,103-107H,21,29-32H2,1-6H3,(H2,87,102)(H,90,113)(H,91,110)(H,92,112)(H,93,114)(H,94,109)(H,95,111)(H,115,116)(H,96,98,108)/t35?,49-,50+,57?,59?,61-,62-,63-,64-,65+,66-,67-,68?,69?,71?,72?,81?,83?/m1/s1. The molecule has 0 aliphatic carbocycles. The molecule has 0 radical (unpaired) electrons. The van der Waals surface area contributed by atoms with Crippen LogP contribution in [0.2, 0.25) is 15.1 Å². The fourth-order valence-corrected chi connectivity index (χ4v) is 16.4. The predicted molar refractivity (Wildman–Crippen MR) is 439 cm³/mol. The van der Waals surface area contributed by atoms with Gasteiger partial charge in [-0.15, -0.1) is 10.2 Å². The van der Waals surface area contributed by atoms with Crippen LogP contribution in [0.15, 0.2) is 133 Å². The number of aliphatic carboxylic acids is 1. The Hall–Kier alpha value is -11.3. The number of likely N-dealkylation sites (N-methyl/N-ethyl adjacent to an activating group) is 1. The number of ether oxygens (including phenoxy) is 6.